The number of rotatable bonds is 2. The lowest BCUT2D eigenvalue weighted by Crippen LogP contribution is -2.46. The van der Waals surface area contributed by atoms with Gasteiger partial charge in [0.25, 0.3) is 0 Å². The third-order valence-corrected chi connectivity index (χ3v) is 5.92. The zero-order valence-electron chi connectivity index (χ0n) is 14.7. The molecule has 2 heterocycles. The Labute approximate surface area is 146 Å². The van der Waals surface area contributed by atoms with Crippen LogP contribution in [0.2, 0.25) is 0 Å². The van der Waals surface area contributed by atoms with Crippen molar-refractivity contribution < 1.29 is 13.7 Å². The average Bonchev–Trinajstić information content (AvgIpc) is 2.76. The zero-order chi connectivity index (χ0) is 17.5. The first-order valence-electron chi connectivity index (χ1n) is 8.45. The molecular formula is C19H25NO3S. The quantitative estimate of drug-likeness (QED) is 0.807. The summed E-state index contributed by atoms with van der Waals surface area (Å²) < 4.78 is 18.4. The molecule has 0 N–H and O–H groups in total. The van der Waals surface area contributed by atoms with E-state index in [1.54, 1.807) is 0 Å². The molecule has 4 nitrogen and oxygen atoms in total. The number of ether oxygens (including phenoxy) is 1. The van der Waals surface area contributed by atoms with Gasteiger partial charge < -0.3 is 4.74 Å². The van der Waals surface area contributed by atoms with Crippen LogP contribution >= 0.6 is 0 Å². The molecule has 3 atom stereocenters. The molecule has 2 bridgehead atoms. The number of aryl methyl sites for hydroxylation is 1. The van der Waals surface area contributed by atoms with Crippen molar-refractivity contribution in [2.45, 2.75) is 69.5 Å². The Bertz CT molecular complexity index is 688. The first-order chi connectivity index (χ1) is 11.2. The van der Waals surface area contributed by atoms with Crippen LogP contribution in [0.3, 0.4) is 0 Å². The molecular weight excluding hydrogens is 322 g/mol. The van der Waals surface area contributed by atoms with Crippen molar-refractivity contribution in [2.75, 3.05) is 0 Å². The molecule has 1 fully saturated rings. The molecule has 5 heteroatoms. The van der Waals surface area contributed by atoms with Crippen LogP contribution < -0.4 is 0 Å². The van der Waals surface area contributed by atoms with Gasteiger partial charge in [-0.05, 0) is 58.7 Å². The SMILES string of the molecule is Cc1ccc([S@](=O)C2=C[C@@H]3CC[C@H](C2)N3C(=O)OC(C)(C)C)cc1. The predicted molar refractivity (Wildman–Crippen MR) is 95.2 cm³/mol. The highest BCUT2D eigenvalue weighted by atomic mass is 32.2. The molecule has 1 saturated heterocycles. The van der Waals surface area contributed by atoms with Gasteiger partial charge >= 0.3 is 6.09 Å². The average molecular weight is 347 g/mol. The highest BCUT2D eigenvalue weighted by Gasteiger charge is 2.42. The van der Waals surface area contributed by atoms with E-state index in [2.05, 4.69) is 0 Å². The normalized spacial score (nSPS) is 24.5. The van der Waals surface area contributed by atoms with Crippen LogP contribution in [0.1, 0.15) is 45.6 Å². The summed E-state index contributed by atoms with van der Waals surface area (Å²) in [4.78, 5) is 16.1. The standard InChI is InChI=1S/C19H25NO3S/c1-13-5-9-16(10-6-13)24(22)17-11-14-7-8-15(12-17)20(14)18(21)23-19(2,3)4/h5-6,9-11,14-15H,7-8,12H2,1-4H3/t14-,15+,24-/m0/s1. The van der Waals surface area contributed by atoms with Gasteiger partial charge in [-0.2, -0.15) is 0 Å². The van der Waals surface area contributed by atoms with Gasteiger partial charge in [-0.15, -0.1) is 0 Å². The Morgan fingerprint density at radius 3 is 2.46 bits per heavy atom. The highest BCUT2D eigenvalue weighted by Crippen LogP contribution is 2.38. The second-order valence-electron chi connectivity index (χ2n) is 7.61. The van der Waals surface area contributed by atoms with Gasteiger partial charge in [0.2, 0.25) is 0 Å². The number of benzene rings is 1. The van der Waals surface area contributed by atoms with E-state index in [0.717, 1.165) is 28.2 Å². The number of carbonyl (C=O) groups excluding carboxylic acids is 1. The summed E-state index contributed by atoms with van der Waals surface area (Å²) in [5.41, 5.74) is 0.662. The lowest BCUT2D eigenvalue weighted by Gasteiger charge is -2.35. The summed E-state index contributed by atoms with van der Waals surface area (Å²) in [6.07, 6.45) is 4.28. The summed E-state index contributed by atoms with van der Waals surface area (Å²) in [7, 11) is -1.14. The van der Waals surface area contributed by atoms with E-state index in [1.165, 1.54) is 0 Å². The van der Waals surface area contributed by atoms with Crippen molar-refractivity contribution >= 4 is 16.9 Å². The highest BCUT2D eigenvalue weighted by molar-refractivity contribution is 7.89. The Morgan fingerprint density at radius 1 is 1.21 bits per heavy atom. The van der Waals surface area contributed by atoms with E-state index < -0.39 is 16.4 Å². The smallest absolute Gasteiger partial charge is 0.411 e. The van der Waals surface area contributed by atoms with Crippen LogP contribution in [0.5, 0.6) is 0 Å². The van der Waals surface area contributed by atoms with Crippen molar-refractivity contribution in [2.24, 2.45) is 0 Å². The van der Waals surface area contributed by atoms with Gasteiger partial charge in [0, 0.05) is 22.3 Å². The lowest BCUT2D eigenvalue weighted by atomic mass is 10.1. The number of nitrogens with zero attached hydrogens (tertiary/aromatic N) is 1. The number of hydrogen-bond acceptors (Lipinski definition) is 3. The maximum Gasteiger partial charge on any atom is 0.411 e. The third kappa shape index (κ3) is 3.56. The fourth-order valence-electron chi connectivity index (χ4n) is 3.34. The molecule has 1 aromatic rings. The van der Waals surface area contributed by atoms with Gasteiger partial charge in [-0.3, -0.25) is 4.90 Å². The van der Waals surface area contributed by atoms with Crippen molar-refractivity contribution in [1.29, 1.82) is 0 Å². The molecule has 2 aliphatic heterocycles. The minimum absolute atomic E-state index is 0.00278. The summed E-state index contributed by atoms with van der Waals surface area (Å²) >= 11 is 0. The van der Waals surface area contributed by atoms with Crippen LogP contribution in [0, 0.1) is 6.92 Å². The van der Waals surface area contributed by atoms with Crippen molar-refractivity contribution in [3.05, 3.63) is 40.8 Å². The number of fused-ring (bicyclic) bond motifs is 2. The van der Waals surface area contributed by atoms with Crippen LogP contribution in [0.15, 0.2) is 40.1 Å². The first kappa shape index (κ1) is 17.2. The molecule has 0 spiro atoms. The van der Waals surface area contributed by atoms with E-state index >= 15 is 0 Å². The Hall–Kier alpha value is -1.62. The molecule has 1 aromatic carbocycles. The van der Waals surface area contributed by atoms with Crippen LogP contribution in [0.4, 0.5) is 4.79 Å². The number of hydrogen-bond donors (Lipinski definition) is 0. The van der Waals surface area contributed by atoms with Gasteiger partial charge in [0.15, 0.2) is 0 Å². The van der Waals surface area contributed by atoms with Gasteiger partial charge in [-0.1, -0.05) is 17.7 Å². The van der Waals surface area contributed by atoms with Crippen LogP contribution in [-0.2, 0) is 15.5 Å². The van der Waals surface area contributed by atoms with E-state index in [0.29, 0.717) is 6.42 Å². The zero-order valence-corrected chi connectivity index (χ0v) is 15.6. The number of carbonyl (C=O) groups is 1. The summed E-state index contributed by atoms with van der Waals surface area (Å²) in [5.74, 6) is 0. The lowest BCUT2D eigenvalue weighted by molar-refractivity contribution is 0.0170. The van der Waals surface area contributed by atoms with Crippen LogP contribution in [0.25, 0.3) is 0 Å². The van der Waals surface area contributed by atoms with Gasteiger partial charge in [-0.25, -0.2) is 9.00 Å². The summed E-state index contributed by atoms with van der Waals surface area (Å²) in [5, 5.41) is 0. The molecule has 0 saturated carbocycles. The van der Waals surface area contributed by atoms with Crippen LogP contribution in [-0.4, -0.2) is 32.9 Å². The monoisotopic (exact) mass is 347 g/mol. The maximum atomic E-state index is 12.8. The fraction of sp³-hybridized carbons (Fsp3) is 0.526. The van der Waals surface area contributed by atoms with E-state index in [4.69, 9.17) is 4.74 Å². The molecule has 0 aromatic heterocycles. The largest absolute Gasteiger partial charge is 0.444 e. The second kappa shape index (κ2) is 6.36. The molecule has 0 radical (unpaired) electrons. The molecule has 0 aliphatic carbocycles. The summed E-state index contributed by atoms with van der Waals surface area (Å²) in [6, 6.07) is 7.92. The van der Waals surface area contributed by atoms with Crippen molar-refractivity contribution in [3.63, 3.8) is 0 Å². The van der Waals surface area contributed by atoms with Gasteiger partial charge in [0.05, 0.1) is 16.8 Å². The van der Waals surface area contributed by atoms with E-state index in [-0.39, 0.29) is 18.2 Å². The van der Waals surface area contributed by atoms with E-state index in [9.17, 15) is 9.00 Å². The maximum absolute atomic E-state index is 12.8. The Kier molecular flexibility index (Phi) is 4.56. The second-order valence-corrected chi connectivity index (χ2v) is 9.14. The predicted octanol–water partition coefficient (Wildman–Crippen LogP) is 4.16. The molecule has 0 unspecified atom stereocenters. The third-order valence-electron chi connectivity index (χ3n) is 4.44. The Morgan fingerprint density at radius 2 is 1.88 bits per heavy atom. The fourth-order valence-corrected chi connectivity index (χ4v) is 4.65. The molecule has 1 amide bonds. The minimum Gasteiger partial charge on any atom is -0.444 e. The Balaban J connectivity index is 1.78. The molecule has 24 heavy (non-hydrogen) atoms. The number of amides is 1. The van der Waals surface area contributed by atoms with E-state index in [1.807, 2.05) is 62.9 Å². The topological polar surface area (TPSA) is 46.6 Å². The molecule has 3 rings (SSSR count). The minimum atomic E-state index is -1.14. The first-order valence-corrected chi connectivity index (χ1v) is 9.60. The summed E-state index contributed by atoms with van der Waals surface area (Å²) in [6.45, 7) is 7.66. The van der Waals surface area contributed by atoms with Gasteiger partial charge in [0.1, 0.15) is 5.60 Å². The molecule has 2 aliphatic rings. The molecule has 130 valence electrons. The van der Waals surface area contributed by atoms with Crippen molar-refractivity contribution in [1.82, 2.24) is 4.90 Å². The van der Waals surface area contributed by atoms with Crippen molar-refractivity contribution in [3.8, 4) is 0 Å².